The minimum absolute atomic E-state index is 0.0505. The summed E-state index contributed by atoms with van der Waals surface area (Å²) >= 11 is 0. The highest BCUT2D eigenvalue weighted by atomic mass is 16.2. The fourth-order valence-electron chi connectivity index (χ4n) is 4.95. The number of nitrogens with zero attached hydrogens (tertiary/aromatic N) is 6. The highest BCUT2D eigenvalue weighted by Crippen LogP contribution is 2.36. The van der Waals surface area contributed by atoms with Gasteiger partial charge in [-0.3, -0.25) is 4.98 Å². The van der Waals surface area contributed by atoms with E-state index in [4.69, 9.17) is 10.7 Å². The Morgan fingerprint density at radius 2 is 2.00 bits per heavy atom. The molecule has 1 aliphatic heterocycles. The lowest BCUT2D eigenvalue weighted by Crippen LogP contribution is -2.42. The molecule has 0 unspecified atom stereocenters. The quantitative estimate of drug-likeness (QED) is 0.373. The van der Waals surface area contributed by atoms with E-state index >= 15 is 0 Å². The summed E-state index contributed by atoms with van der Waals surface area (Å²) in [5.74, 6) is 1.37. The standard InChI is InChI=1S/C25H25N9O/c1-27-25(35)33-11-8-15(9-12-33)24-32-21(22-23(26)29-14-30-34(22)24)19-13-16-5-4-6-17(20(16)31-19)18-7-2-3-10-28-18/h2-7,10,13-15,31H,8-9,11-12H2,1H3,(H,27,35)(H2,26,29,30). The first-order chi connectivity index (χ1) is 17.1. The number of likely N-dealkylation sites (tertiary alicyclic amines) is 1. The second kappa shape index (κ2) is 8.39. The summed E-state index contributed by atoms with van der Waals surface area (Å²) in [4.78, 5) is 31.2. The number of para-hydroxylation sites is 1. The highest BCUT2D eigenvalue weighted by molar-refractivity contribution is 5.98. The first-order valence-electron chi connectivity index (χ1n) is 11.6. The zero-order chi connectivity index (χ0) is 23.9. The summed E-state index contributed by atoms with van der Waals surface area (Å²) in [7, 11) is 1.65. The van der Waals surface area contributed by atoms with Gasteiger partial charge in [-0.2, -0.15) is 5.10 Å². The first-order valence-corrected chi connectivity index (χ1v) is 11.6. The van der Waals surface area contributed by atoms with Crippen LogP contribution in [0.25, 0.3) is 39.1 Å². The third-order valence-electron chi connectivity index (χ3n) is 6.70. The number of anilines is 1. The predicted molar refractivity (Wildman–Crippen MR) is 134 cm³/mol. The molecule has 0 saturated carbocycles. The van der Waals surface area contributed by atoms with E-state index in [1.165, 1.54) is 6.33 Å². The highest BCUT2D eigenvalue weighted by Gasteiger charge is 2.29. The first kappa shape index (κ1) is 21.1. The number of rotatable bonds is 3. The lowest BCUT2D eigenvalue weighted by molar-refractivity contribution is 0.182. The SMILES string of the molecule is CNC(=O)N1CCC(c2nc(-c3cc4cccc(-c5ccccn5)c4[nH]3)c3c(N)ncnn23)CC1. The van der Waals surface area contributed by atoms with Crippen LogP contribution in [0.1, 0.15) is 24.6 Å². The molecule has 1 fully saturated rings. The van der Waals surface area contributed by atoms with Crippen molar-refractivity contribution in [1.29, 1.82) is 0 Å². The van der Waals surface area contributed by atoms with Gasteiger partial charge in [0.25, 0.3) is 0 Å². The van der Waals surface area contributed by atoms with Crippen LogP contribution in [0.15, 0.2) is 55.0 Å². The average molecular weight is 468 g/mol. The molecule has 4 N–H and O–H groups in total. The molecule has 0 aliphatic carbocycles. The van der Waals surface area contributed by atoms with Crippen molar-refractivity contribution in [1.82, 2.24) is 39.8 Å². The molecule has 4 aromatic heterocycles. The number of fused-ring (bicyclic) bond motifs is 2. The number of nitrogen functional groups attached to an aromatic ring is 1. The number of hydrogen-bond acceptors (Lipinski definition) is 6. The van der Waals surface area contributed by atoms with E-state index in [1.807, 2.05) is 33.7 Å². The van der Waals surface area contributed by atoms with Crippen molar-refractivity contribution in [2.75, 3.05) is 25.9 Å². The number of piperidine rings is 1. The predicted octanol–water partition coefficient (Wildman–Crippen LogP) is 3.44. The number of nitrogens with two attached hydrogens (primary N) is 1. The fourth-order valence-corrected chi connectivity index (χ4v) is 4.95. The normalized spacial score (nSPS) is 14.6. The van der Waals surface area contributed by atoms with Crippen molar-refractivity contribution in [3.63, 3.8) is 0 Å². The molecule has 2 amide bonds. The minimum atomic E-state index is -0.0505. The van der Waals surface area contributed by atoms with Crippen LogP contribution in [0, 0.1) is 0 Å². The summed E-state index contributed by atoms with van der Waals surface area (Å²) in [5.41, 5.74) is 11.5. The molecular formula is C25H25N9O. The second-order valence-corrected chi connectivity index (χ2v) is 8.71. The molecule has 5 aromatic rings. The van der Waals surface area contributed by atoms with Crippen LogP contribution in [0.2, 0.25) is 0 Å². The maximum absolute atomic E-state index is 12.0. The Morgan fingerprint density at radius 3 is 2.77 bits per heavy atom. The minimum Gasteiger partial charge on any atom is -0.382 e. The molecule has 10 nitrogen and oxygen atoms in total. The van der Waals surface area contributed by atoms with Crippen LogP contribution in [0.3, 0.4) is 0 Å². The van der Waals surface area contributed by atoms with Gasteiger partial charge in [-0.1, -0.05) is 24.3 Å². The molecule has 5 heterocycles. The van der Waals surface area contributed by atoms with Crippen molar-refractivity contribution >= 4 is 28.3 Å². The van der Waals surface area contributed by atoms with Gasteiger partial charge in [0, 0.05) is 43.2 Å². The van der Waals surface area contributed by atoms with Gasteiger partial charge in [0.15, 0.2) is 5.82 Å². The van der Waals surface area contributed by atoms with Gasteiger partial charge in [-0.15, -0.1) is 0 Å². The van der Waals surface area contributed by atoms with Crippen molar-refractivity contribution < 1.29 is 4.79 Å². The van der Waals surface area contributed by atoms with Crippen LogP contribution in [0.5, 0.6) is 0 Å². The van der Waals surface area contributed by atoms with Gasteiger partial charge in [0.1, 0.15) is 23.4 Å². The van der Waals surface area contributed by atoms with Crippen molar-refractivity contribution in [2.45, 2.75) is 18.8 Å². The zero-order valence-corrected chi connectivity index (χ0v) is 19.3. The van der Waals surface area contributed by atoms with Gasteiger partial charge < -0.3 is 20.9 Å². The number of aromatic nitrogens is 6. The van der Waals surface area contributed by atoms with Crippen LogP contribution < -0.4 is 11.1 Å². The molecule has 35 heavy (non-hydrogen) atoms. The topological polar surface area (TPSA) is 130 Å². The van der Waals surface area contributed by atoms with E-state index in [9.17, 15) is 4.79 Å². The molecule has 176 valence electrons. The summed E-state index contributed by atoms with van der Waals surface area (Å²) in [5, 5.41) is 8.26. The Morgan fingerprint density at radius 1 is 1.14 bits per heavy atom. The van der Waals surface area contributed by atoms with Crippen LogP contribution in [-0.2, 0) is 0 Å². The van der Waals surface area contributed by atoms with E-state index in [0.717, 1.165) is 52.2 Å². The van der Waals surface area contributed by atoms with Gasteiger partial charge >= 0.3 is 6.03 Å². The maximum atomic E-state index is 12.0. The lowest BCUT2D eigenvalue weighted by Gasteiger charge is -2.30. The van der Waals surface area contributed by atoms with Crippen molar-refractivity contribution in [3.05, 3.63) is 60.8 Å². The number of imidazole rings is 1. The monoisotopic (exact) mass is 467 g/mol. The van der Waals surface area contributed by atoms with Gasteiger partial charge in [-0.25, -0.2) is 19.3 Å². The van der Waals surface area contributed by atoms with E-state index in [1.54, 1.807) is 13.2 Å². The van der Waals surface area contributed by atoms with Crippen LogP contribution in [-0.4, -0.2) is 60.6 Å². The Bertz CT molecular complexity index is 1530. The number of benzene rings is 1. The number of urea groups is 1. The molecular weight excluding hydrogens is 442 g/mol. The summed E-state index contributed by atoms with van der Waals surface area (Å²) in [6, 6.07) is 14.1. The molecule has 0 radical (unpaired) electrons. The Kier molecular flexibility index (Phi) is 5.05. The van der Waals surface area contributed by atoms with Gasteiger partial charge in [0.2, 0.25) is 0 Å². The van der Waals surface area contributed by atoms with Crippen LogP contribution in [0.4, 0.5) is 10.6 Å². The maximum Gasteiger partial charge on any atom is 0.317 e. The summed E-state index contributed by atoms with van der Waals surface area (Å²) in [6.45, 7) is 1.32. The van der Waals surface area contributed by atoms with Crippen molar-refractivity contribution in [3.8, 4) is 22.6 Å². The lowest BCUT2D eigenvalue weighted by atomic mass is 9.96. The third-order valence-corrected chi connectivity index (χ3v) is 6.70. The third kappa shape index (κ3) is 3.54. The largest absolute Gasteiger partial charge is 0.382 e. The molecule has 10 heteroatoms. The number of H-pyrrole nitrogens is 1. The smallest absolute Gasteiger partial charge is 0.317 e. The van der Waals surface area contributed by atoms with Gasteiger partial charge in [0.05, 0.1) is 16.9 Å². The Balaban J connectivity index is 1.45. The van der Waals surface area contributed by atoms with Crippen LogP contribution >= 0.6 is 0 Å². The van der Waals surface area contributed by atoms with E-state index in [2.05, 4.69) is 43.6 Å². The Hall–Kier alpha value is -4.47. The van der Waals surface area contributed by atoms with E-state index in [-0.39, 0.29) is 11.9 Å². The molecule has 0 atom stereocenters. The van der Waals surface area contributed by atoms with Gasteiger partial charge in [-0.05, 0) is 31.0 Å². The Labute approximate surface area is 201 Å². The van der Waals surface area contributed by atoms with E-state index in [0.29, 0.717) is 24.4 Å². The molecule has 0 spiro atoms. The number of aromatic amines is 1. The number of nitrogens with one attached hydrogen (secondary N) is 2. The number of hydrogen-bond donors (Lipinski definition) is 3. The number of carbonyl (C=O) groups excluding carboxylic acids is 1. The molecule has 1 aliphatic rings. The van der Waals surface area contributed by atoms with E-state index < -0.39 is 0 Å². The summed E-state index contributed by atoms with van der Waals surface area (Å²) < 4.78 is 1.81. The zero-order valence-electron chi connectivity index (χ0n) is 19.3. The van der Waals surface area contributed by atoms with Crippen molar-refractivity contribution in [2.24, 2.45) is 0 Å². The fraction of sp³-hybridized carbons (Fsp3) is 0.240. The number of pyridine rings is 1. The molecule has 1 aromatic carbocycles. The number of carbonyl (C=O) groups is 1. The number of amides is 2. The average Bonchev–Trinajstić information content (AvgIpc) is 3.51. The molecule has 1 saturated heterocycles. The second-order valence-electron chi connectivity index (χ2n) is 8.71. The molecule has 6 rings (SSSR count). The molecule has 0 bridgehead atoms. The summed E-state index contributed by atoms with van der Waals surface area (Å²) in [6.07, 6.45) is 4.85.